The van der Waals surface area contributed by atoms with Crippen molar-refractivity contribution in [3.8, 4) is 0 Å². The van der Waals surface area contributed by atoms with E-state index >= 15 is 0 Å². The van der Waals surface area contributed by atoms with Gasteiger partial charge in [0.2, 0.25) is 0 Å². The maximum absolute atomic E-state index is 12.4. The van der Waals surface area contributed by atoms with Crippen molar-refractivity contribution in [3.05, 3.63) is 66.3 Å². The molecule has 1 aliphatic carbocycles. The lowest BCUT2D eigenvalue weighted by molar-refractivity contribution is -0.116. The van der Waals surface area contributed by atoms with E-state index in [0.29, 0.717) is 6.67 Å². The number of nitrogens with zero attached hydrogens (tertiary/aromatic N) is 2. The van der Waals surface area contributed by atoms with Gasteiger partial charge in [0.25, 0.3) is 0 Å². The summed E-state index contributed by atoms with van der Waals surface area (Å²) in [6.07, 6.45) is 12.8. The Hall–Kier alpha value is -2.53. The molecule has 2 aliphatic heterocycles. The minimum Gasteiger partial charge on any atom is -0.379 e. The van der Waals surface area contributed by atoms with Crippen LogP contribution in [-0.2, 0) is 4.79 Å². The molecule has 3 aliphatic rings. The molecule has 1 aromatic rings. The van der Waals surface area contributed by atoms with Crippen molar-refractivity contribution in [2.75, 3.05) is 6.67 Å². The first-order valence-corrected chi connectivity index (χ1v) is 6.88. The molecule has 0 amide bonds. The molecule has 2 atom stereocenters. The van der Waals surface area contributed by atoms with Crippen LogP contribution in [0.15, 0.2) is 65.7 Å². The zero-order valence-corrected chi connectivity index (χ0v) is 11.3. The van der Waals surface area contributed by atoms with Crippen molar-refractivity contribution in [1.82, 2.24) is 15.6 Å². The fourth-order valence-corrected chi connectivity index (χ4v) is 3.27. The molecule has 21 heavy (non-hydrogen) atoms. The van der Waals surface area contributed by atoms with Crippen molar-refractivity contribution in [2.45, 2.75) is 6.04 Å². The summed E-state index contributed by atoms with van der Waals surface area (Å²) in [7, 11) is 0. The van der Waals surface area contributed by atoms with Gasteiger partial charge in [-0.3, -0.25) is 20.1 Å². The number of hydrogen-bond acceptors (Lipinski definition) is 5. The number of pyridine rings is 1. The van der Waals surface area contributed by atoms with E-state index in [4.69, 9.17) is 0 Å². The molecule has 3 heterocycles. The largest absolute Gasteiger partial charge is 0.379 e. The second-order valence-corrected chi connectivity index (χ2v) is 5.25. The van der Waals surface area contributed by atoms with Crippen LogP contribution in [0.5, 0.6) is 0 Å². The Balaban J connectivity index is 1.95. The highest BCUT2D eigenvalue weighted by atomic mass is 16.1. The van der Waals surface area contributed by atoms with Gasteiger partial charge in [-0.1, -0.05) is 6.08 Å². The SMILES string of the molecule is O=C1C=C2C=CN=C(c3ccncc3)C23C=CNCNC13. The van der Waals surface area contributed by atoms with Crippen molar-refractivity contribution in [3.63, 3.8) is 0 Å². The number of allylic oxidation sites excluding steroid dienone is 1. The summed E-state index contributed by atoms with van der Waals surface area (Å²) in [6, 6.07) is 3.53. The molecule has 1 spiro atoms. The molecule has 1 aromatic heterocycles. The maximum Gasteiger partial charge on any atom is 0.174 e. The van der Waals surface area contributed by atoms with Crippen LogP contribution in [0.3, 0.4) is 0 Å². The fourth-order valence-electron chi connectivity index (χ4n) is 3.27. The van der Waals surface area contributed by atoms with Gasteiger partial charge in [0, 0.05) is 24.2 Å². The third-order valence-electron chi connectivity index (χ3n) is 4.19. The van der Waals surface area contributed by atoms with Gasteiger partial charge in [-0.05, 0) is 36.1 Å². The first-order valence-electron chi connectivity index (χ1n) is 6.88. The van der Waals surface area contributed by atoms with Crippen molar-refractivity contribution < 1.29 is 4.79 Å². The minimum absolute atomic E-state index is 0.0895. The quantitative estimate of drug-likeness (QED) is 0.802. The Morgan fingerprint density at radius 1 is 1.29 bits per heavy atom. The Bertz CT molecular complexity index is 717. The number of carbonyl (C=O) groups is 1. The van der Waals surface area contributed by atoms with Crippen LogP contribution in [0, 0.1) is 5.41 Å². The van der Waals surface area contributed by atoms with E-state index in [9.17, 15) is 4.79 Å². The average molecular weight is 278 g/mol. The molecule has 2 N–H and O–H groups in total. The smallest absolute Gasteiger partial charge is 0.174 e. The van der Waals surface area contributed by atoms with Crippen LogP contribution in [0.2, 0.25) is 0 Å². The van der Waals surface area contributed by atoms with Crippen LogP contribution in [-0.4, -0.2) is 29.2 Å². The number of aromatic nitrogens is 1. The maximum atomic E-state index is 12.4. The first kappa shape index (κ1) is 12.2. The Morgan fingerprint density at radius 3 is 3.00 bits per heavy atom. The summed E-state index contributed by atoms with van der Waals surface area (Å²) in [5.74, 6) is 0.0895. The Labute approximate surface area is 122 Å². The molecule has 0 aromatic carbocycles. The summed E-state index contributed by atoms with van der Waals surface area (Å²) in [5.41, 5.74) is 2.29. The van der Waals surface area contributed by atoms with Gasteiger partial charge in [-0.25, -0.2) is 0 Å². The third kappa shape index (κ3) is 1.64. The molecule has 0 bridgehead atoms. The van der Waals surface area contributed by atoms with Gasteiger partial charge in [-0.15, -0.1) is 0 Å². The molecule has 0 fully saturated rings. The molecule has 4 rings (SSSR count). The van der Waals surface area contributed by atoms with Crippen LogP contribution >= 0.6 is 0 Å². The lowest BCUT2D eigenvalue weighted by Crippen LogP contribution is -2.51. The summed E-state index contributed by atoms with van der Waals surface area (Å²) in [4.78, 5) is 21.0. The van der Waals surface area contributed by atoms with Crippen LogP contribution in [0.1, 0.15) is 5.56 Å². The number of carbonyl (C=O) groups excluding carboxylic acids is 1. The lowest BCUT2D eigenvalue weighted by Gasteiger charge is -2.36. The normalized spacial score (nSPS) is 29.9. The van der Waals surface area contributed by atoms with Crippen molar-refractivity contribution in [1.29, 1.82) is 0 Å². The molecule has 104 valence electrons. The number of nitrogens with one attached hydrogen (secondary N) is 2. The topological polar surface area (TPSA) is 66.4 Å². The third-order valence-corrected chi connectivity index (χ3v) is 4.19. The van der Waals surface area contributed by atoms with E-state index in [1.165, 1.54) is 0 Å². The predicted octanol–water partition coefficient (Wildman–Crippen LogP) is 0.926. The van der Waals surface area contributed by atoms with Crippen molar-refractivity contribution >= 4 is 11.5 Å². The Kier molecular flexibility index (Phi) is 2.62. The molecular formula is C16H14N4O. The summed E-state index contributed by atoms with van der Waals surface area (Å²) in [5, 5.41) is 6.41. The molecule has 0 saturated carbocycles. The minimum atomic E-state index is -0.545. The highest BCUT2D eigenvalue weighted by molar-refractivity contribution is 6.17. The van der Waals surface area contributed by atoms with Gasteiger partial charge < -0.3 is 5.32 Å². The molecule has 2 unspecified atom stereocenters. The number of aliphatic imine (C=N–C) groups is 1. The average Bonchev–Trinajstić information content (AvgIpc) is 2.67. The zero-order valence-electron chi connectivity index (χ0n) is 11.3. The highest BCUT2D eigenvalue weighted by Crippen LogP contribution is 2.45. The fraction of sp³-hybridized carbons (Fsp3) is 0.188. The molecule has 0 radical (unpaired) electrons. The van der Waals surface area contributed by atoms with Gasteiger partial charge in [-0.2, -0.15) is 0 Å². The standard InChI is InChI=1S/C16H14N4O/c21-13-9-12-3-7-19-14(11-1-5-17-6-2-11)16(12)4-8-18-10-20-15(13)16/h1-9,15,18,20H,10H2. The van der Waals surface area contributed by atoms with Gasteiger partial charge in [0.05, 0.1) is 23.8 Å². The molecule has 5 nitrogen and oxygen atoms in total. The van der Waals surface area contributed by atoms with Crippen LogP contribution in [0.4, 0.5) is 0 Å². The highest BCUT2D eigenvalue weighted by Gasteiger charge is 2.52. The van der Waals surface area contributed by atoms with E-state index in [0.717, 1.165) is 16.8 Å². The lowest BCUT2D eigenvalue weighted by atomic mass is 9.70. The first-order chi connectivity index (χ1) is 10.3. The van der Waals surface area contributed by atoms with E-state index in [1.807, 2.05) is 30.5 Å². The zero-order chi connectivity index (χ0) is 14.3. The molecule has 5 heteroatoms. The van der Waals surface area contributed by atoms with E-state index in [1.54, 1.807) is 24.7 Å². The number of hydrogen-bond donors (Lipinski definition) is 2. The predicted molar refractivity (Wildman–Crippen MR) is 79.5 cm³/mol. The van der Waals surface area contributed by atoms with Gasteiger partial charge >= 0.3 is 0 Å². The number of ketones is 1. The van der Waals surface area contributed by atoms with E-state index in [2.05, 4.69) is 20.6 Å². The second kappa shape index (κ2) is 4.49. The molecular weight excluding hydrogens is 264 g/mol. The number of rotatable bonds is 1. The summed E-state index contributed by atoms with van der Waals surface area (Å²) >= 11 is 0. The monoisotopic (exact) mass is 278 g/mol. The summed E-state index contributed by atoms with van der Waals surface area (Å²) < 4.78 is 0. The van der Waals surface area contributed by atoms with Crippen molar-refractivity contribution in [2.24, 2.45) is 10.4 Å². The van der Waals surface area contributed by atoms with E-state index in [-0.39, 0.29) is 11.8 Å². The van der Waals surface area contributed by atoms with Crippen LogP contribution in [0.25, 0.3) is 0 Å². The van der Waals surface area contributed by atoms with Gasteiger partial charge in [0.15, 0.2) is 5.78 Å². The van der Waals surface area contributed by atoms with E-state index < -0.39 is 5.41 Å². The van der Waals surface area contributed by atoms with Crippen LogP contribution < -0.4 is 10.6 Å². The second-order valence-electron chi connectivity index (χ2n) is 5.25. The summed E-state index contributed by atoms with van der Waals surface area (Å²) in [6.45, 7) is 0.559. The van der Waals surface area contributed by atoms with Gasteiger partial charge in [0.1, 0.15) is 0 Å². The Morgan fingerprint density at radius 2 is 2.14 bits per heavy atom. The molecule has 0 saturated heterocycles.